The van der Waals surface area contributed by atoms with Crippen molar-refractivity contribution in [2.45, 2.75) is 450 Å². The third kappa shape index (κ3) is 69.4. The third-order valence-electron chi connectivity index (χ3n) is 18.3. The number of carbonyl (C=O) groups excluding carboxylic acids is 2. The normalized spacial score (nSPS) is 12.6. The van der Waals surface area contributed by atoms with E-state index in [1.54, 1.807) is 0 Å². The fourth-order valence-corrected chi connectivity index (χ4v) is 12.4. The molecule has 0 fully saturated rings. The van der Waals surface area contributed by atoms with E-state index >= 15 is 0 Å². The molecule has 0 aliphatic heterocycles. The molecular formula is C78H151NO5. The van der Waals surface area contributed by atoms with Crippen molar-refractivity contribution in [2.75, 3.05) is 13.2 Å². The Labute approximate surface area is 526 Å². The number of unbranched alkanes of at least 4 members (excludes halogenated alkanes) is 58. The van der Waals surface area contributed by atoms with Crippen LogP contribution in [0.5, 0.6) is 0 Å². The zero-order valence-corrected chi connectivity index (χ0v) is 57.2. The molecule has 2 atom stereocenters. The van der Waals surface area contributed by atoms with Crippen LogP contribution >= 0.6 is 0 Å². The average molecular weight is 1180 g/mol. The molecule has 3 N–H and O–H groups in total. The number of esters is 1. The molecule has 0 saturated carbocycles. The van der Waals surface area contributed by atoms with E-state index in [-0.39, 0.29) is 18.5 Å². The second-order valence-corrected chi connectivity index (χ2v) is 26.7. The predicted octanol–water partition coefficient (Wildman–Crippen LogP) is 25.3. The third-order valence-corrected chi connectivity index (χ3v) is 18.3. The van der Waals surface area contributed by atoms with Crippen molar-refractivity contribution in [2.24, 2.45) is 0 Å². The van der Waals surface area contributed by atoms with Gasteiger partial charge in [-0.15, -0.1) is 0 Å². The molecule has 0 rings (SSSR count). The number of allylic oxidation sites excluding steroid dienone is 4. The van der Waals surface area contributed by atoms with Gasteiger partial charge in [0.2, 0.25) is 5.91 Å². The lowest BCUT2D eigenvalue weighted by Crippen LogP contribution is -2.45. The van der Waals surface area contributed by atoms with Gasteiger partial charge in [0, 0.05) is 12.8 Å². The van der Waals surface area contributed by atoms with Crippen molar-refractivity contribution in [3.8, 4) is 0 Å². The number of carbonyl (C=O) groups is 2. The van der Waals surface area contributed by atoms with Crippen molar-refractivity contribution in [1.29, 1.82) is 0 Å². The fourth-order valence-electron chi connectivity index (χ4n) is 12.4. The van der Waals surface area contributed by atoms with Gasteiger partial charge in [-0.3, -0.25) is 9.59 Å². The van der Waals surface area contributed by atoms with Gasteiger partial charge in [0.05, 0.1) is 25.4 Å². The number of aliphatic hydroxyl groups is 2. The summed E-state index contributed by atoms with van der Waals surface area (Å²) >= 11 is 0. The summed E-state index contributed by atoms with van der Waals surface area (Å²) in [7, 11) is 0. The summed E-state index contributed by atoms with van der Waals surface area (Å²) in [5, 5.41) is 23.4. The number of aliphatic hydroxyl groups excluding tert-OH is 2. The smallest absolute Gasteiger partial charge is 0.305 e. The minimum atomic E-state index is -0.661. The van der Waals surface area contributed by atoms with Gasteiger partial charge in [0.25, 0.3) is 0 Å². The summed E-state index contributed by atoms with van der Waals surface area (Å²) in [5.74, 6) is -0.0170. The lowest BCUT2D eigenvalue weighted by atomic mass is 10.0. The van der Waals surface area contributed by atoms with Gasteiger partial charge in [0.1, 0.15) is 0 Å². The summed E-state index contributed by atoms with van der Waals surface area (Å²) in [4.78, 5) is 24.6. The standard InChI is InChI=1S/C78H151NO5/c1-3-5-7-9-11-13-15-17-19-20-36-39-43-46-50-54-58-62-66-70-76(81)75(74-80)79-77(82)71-67-63-59-55-51-47-44-40-37-34-32-30-28-26-24-22-21-23-25-27-29-31-33-35-38-41-45-49-53-57-61-65-69-73-84-78(83)72-68-64-60-56-52-48-42-18-16-14-12-10-8-6-4-2/h12,14,18,42,75-76,80-81H,3-11,13,15-17,19-41,43-74H2,1-2H3,(H,79,82)/b14-12-,42-18-. The van der Waals surface area contributed by atoms with Crippen LogP contribution in [0, 0.1) is 0 Å². The zero-order valence-electron chi connectivity index (χ0n) is 57.2. The molecule has 0 radical (unpaired) electrons. The molecule has 0 spiro atoms. The van der Waals surface area contributed by atoms with Crippen molar-refractivity contribution >= 4 is 11.9 Å². The van der Waals surface area contributed by atoms with Crippen LogP contribution in [0.25, 0.3) is 0 Å². The Hall–Kier alpha value is -1.66. The molecular weight excluding hydrogens is 1030 g/mol. The van der Waals surface area contributed by atoms with E-state index in [9.17, 15) is 19.8 Å². The fraction of sp³-hybridized carbons (Fsp3) is 0.923. The van der Waals surface area contributed by atoms with E-state index in [0.29, 0.717) is 25.9 Å². The molecule has 0 aliphatic rings. The van der Waals surface area contributed by atoms with Crippen LogP contribution < -0.4 is 5.32 Å². The Kier molecular flexibility index (Phi) is 72.3. The van der Waals surface area contributed by atoms with Crippen LogP contribution in [-0.2, 0) is 14.3 Å². The number of ether oxygens (including phenoxy) is 1. The molecule has 0 aliphatic carbocycles. The van der Waals surface area contributed by atoms with Crippen LogP contribution in [0.4, 0.5) is 0 Å². The van der Waals surface area contributed by atoms with Crippen LogP contribution in [0.1, 0.15) is 438 Å². The summed E-state index contributed by atoms with van der Waals surface area (Å²) in [6.07, 6.45) is 94.0. The molecule has 84 heavy (non-hydrogen) atoms. The van der Waals surface area contributed by atoms with Gasteiger partial charge in [-0.25, -0.2) is 0 Å². The molecule has 0 aromatic rings. The largest absolute Gasteiger partial charge is 0.466 e. The number of amides is 1. The van der Waals surface area contributed by atoms with Crippen molar-refractivity contribution in [1.82, 2.24) is 5.32 Å². The molecule has 498 valence electrons. The summed E-state index contributed by atoms with van der Waals surface area (Å²) < 4.78 is 5.49. The van der Waals surface area contributed by atoms with Gasteiger partial charge in [-0.05, 0) is 57.8 Å². The summed E-state index contributed by atoms with van der Waals surface area (Å²) in [5.41, 5.74) is 0. The predicted molar refractivity (Wildman–Crippen MR) is 370 cm³/mol. The minimum absolute atomic E-state index is 0.00847. The molecule has 0 heterocycles. The second kappa shape index (κ2) is 73.8. The molecule has 6 heteroatoms. The highest BCUT2D eigenvalue weighted by Gasteiger charge is 2.20. The Bertz CT molecular complexity index is 1320. The van der Waals surface area contributed by atoms with Crippen molar-refractivity contribution < 1.29 is 24.5 Å². The first-order chi connectivity index (χ1) is 41.5. The summed E-state index contributed by atoms with van der Waals surface area (Å²) in [6.45, 7) is 4.97. The van der Waals surface area contributed by atoms with Crippen LogP contribution in [-0.4, -0.2) is 47.4 Å². The Morgan fingerprint density at radius 1 is 0.333 bits per heavy atom. The maximum Gasteiger partial charge on any atom is 0.305 e. The van der Waals surface area contributed by atoms with E-state index in [1.165, 1.54) is 353 Å². The second-order valence-electron chi connectivity index (χ2n) is 26.7. The quantitative estimate of drug-likeness (QED) is 0.0320. The molecule has 6 nitrogen and oxygen atoms in total. The van der Waals surface area contributed by atoms with Crippen molar-refractivity contribution in [3.63, 3.8) is 0 Å². The van der Waals surface area contributed by atoms with E-state index in [0.717, 1.165) is 51.4 Å². The Balaban J connectivity index is 3.32. The van der Waals surface area contributed by atoms with Gasteiger partial charge < -0.3 is 20.3 Å². The number of hydrogen-bond acceptors (Lipinski definition) is 5. The highest BCUT2D eigenvalue weighted by atomic mass is 16.5. The van der Waals surface area contributed by atoms with E-state index in [2.05, 4.69) is 43.5 Å². The monoisotopic (exact) mass is 1180 g/mol. The first kappa shape index (κ1) is 82.3. The topological polar surface area (TPSA) is 95.9 Å². The van der Waals surface area contributed by atoms with Crippen molar-refractivity contribution in [3.05, 3.63) is 24.3 Å². The number of nitrogens with one attached hydrogen (secondary N) is 1. The average Bonchev–Trinajstić information content (AvgIpc) is 3.51. The number of rotatable bonds is 73. The van der Waals surface area contributed by atoms with Gasteiger partial charge >= 0.3 is 5.97 Å². The van der Waals surface area contributed by atoms with Crippen LogP contribution in [0.3, 0.4) is 0 Å². The molecule has 1 amide bonds. The Morgan fingerprint density at radius 3 is 0.929 bits per heavy atom. The zero-order chi connectivity index (χ0) is 60.6. The van der Waals surface area contributed by atoms with E-state index in [1.807, 2.05) is 0 Å². The minimum Gasteiger partial charge on any atom is -0.466 e. The molecule has 0 aromatic heterocycles. The lowest BCUT2D eigenvalue weighted by Gasteiger charge is -2.22. The van der Waals surface area contributed by atoms with Gasteiger partial charge in [-0.2, -0.15) is 0 Å². The molecule has 0 aromatic carbocycles. The van der Waals surface area contributed by atoms with Gasteiger partial charge in [0.15, 0.2) is 0 Å². The molecule has 0 saturated heterocycles. The maximum absolute atomic E-state index is 12.6. The maximum atomic E-state index is 12.6. The number of hydrogen-bond donors (Lipinski definition) is 3. The van der Waals surface area contributed by atoms with E-state index in [4.69, 9.17) is 4.74 Å². The molecule has 2 unspecified atom stereocenters. The first-order valence-electron chi connectivity index (χ1n) is 38.6. The van der Waals surface area contributed by atoms with Gasteiger partial charge in [-0.1, -0.05) is 391 Å². The Morgan fingerprint density at radius 2 is 0.595 bits per heavy atom. The van der Waals surface area contributed by atoms with Crippen LogP contribution in [0.2, 0.25) is 0 Å². The summed E-state index contributed by atoms with van der Waals surface area (Å²) in [6, 6.07) is -0.538. The van der Waals surface area contributed by atoms with E-state index < -0.39 is 12.1 Å². The molecule has 0 bridgehead atoms. The highest BCUT2D eigenvalue weighted by molar-refractivity contribution is 5.76. The van der Waals surface area contributed by atoms with Crippen LogP contribution in [0.15, 0.2) is 24.3 Å². The highest BCUT2D eigenvalue weighted by Crippen LogP contribution is 2.20. The lowest BCUT2D eigenvalue weighted by molar-refractivity contribution is -0.143. The first-order valence-corrected chi connectivity index (χ1v) is 38.6. The SMILES string of the molecule is CCCCC/C=C\C/C=C\CCCCCCCC(=O)OCCCCCCCCCCCCCCCCCCCCCCCCCCCCCCCCCCCC(=O)NC(CO)C(O)CCCCCCCCCCCCCCCCCCCCC.